The number of nitrogens with zero attached hydrogens (tertiary/aromatic N) is 1. The average Bonchev–Trinajstić information content (AvgIpc) is 3.27. The summed E-state index contributed by atoms with van der Waals surface area (Å²) in [5.74, 6) is 0.229. The van der Waals surface area contributed by atoms with Crippen LogP contribution in [0.1, 0.15) is 29.8 Å². The van der Waals surface area contributed by atoms with Gasteiger partial charge in [-0.1, -0.05) is 35.3 Å². The van der Waals surface area contributed by atoms with Crippen molar-refractivity contribution >= 4 is 57.8 Å². The Morgan fingerprint density at radius 3 is 2.52 bits per heavy atom. The molecular formula is C23H21Cl2N3O2S. The monoisotopic (exact) mass is 473 g/mol. The molecule has 1 saturated heterocycles. The molecule has 3 aromatic rings. The van der Waals surface area contributed by atoms with Gasteiger partial charge in [0.15, 0.2) is 10.9 Å². The summed E-state index contributed by atoms with van der Waals surface area (Å²) in [6, 6.07) is 16.4. The van der Waals surface area contributed by atoms with Gasteiger partial charge in [-0.15, -0.1) is 0 Å². The van der Waals surface area contributed by atoms with Crippen molar-refractivity contribution in [2.45, 2.75) is 19.3 Å². The molecule has 0 spiro atoms. The number of carbonyl (C=O) groups excluding carboxylic acids is 1. The Balaban J connectivity index is 1.42. The lowest BCUT2D eigenvalue weighted by atomic mass is 10.1. The highest BCUT2D eigenvalue weighted by atomic mass is 35.5. The molecule has 0 unspecified atom stereocenters. The number of rotatable bonds is 4. The van der Waals surface area contributed by atoms with E-state index in [9.17, 15) is 4.79 Å². The second-order valence-corrected chi connectivity index (χ2v) is 8.49. The van der Waals surface area contributed by atoms with Crippen molar-refractivity contribution < 1.29 is 9.21 Å². The van der Waals surface area contributed by atoms with Crippen molar-refractivity contribution in [3.8, 4) is 11.3 Å². The molecule has 0 aliphatic carbocycles. The number of anilines is 2. The quantitative estimate of drug-likeness (QED) is 0.431. The third-order valence-corrected chi connectivity index (χ3v) is 6.05. The van der Waals surface area contributed by atoms with E-state index in [0.717, 1.165) is 30.0 Å². The summed E-state index contributed by atoms with van der Waals surface area (Å²) in [6.45, 7) is 2.03. The maximum Gasteiger partial charge on any atom is 0.293 e. The van der Waals surface area contributed by atoms with Crippen LogP contribution < -0.4 is 15.5 Å². The number of carbonyl (C=O) groups is 1. The van der Waals surface area contributed by atoms with Crippen molar-refractivity contribution in [3.63, 3.8) is 0 Å². The van der Waals surface area contributed by atoms with Gasteiger partial charge in [0.25, 0.3) is 5.91 Å². The third kappa shape index (κ3) is 5.21. The maximum absolute atomic E-state index is 12.6. The fourth-order valence-corrected chi connectivity index (χ4v) is 4.07. The number of amides is 1. The predicted molar refractivity (Wildman–Crippen MR) is 130 cm³/mol. The molecule has 1 fully saturated rings. The van der Waals surface area contributed by atoms with E-state index in [4.69, 9.17) is 39.8 Å². The van der Waals surface area contributed by atoms with Crippen LogP contribution in [0.15, 0.2) is 59.0 Å². The molecule has 1 aromatic heterocycles. The largest absolute Gasteiger partial charge is 0.451 e. The van der Waals surface area contributed by atoms with Gasteiger partial charge in [0.05, 0.1) is 21.4 Å². The molecule has 5 nitrogen and oxygen atoms in total. The molecule has 1 amide bonds. The van der Waals surface area contributed by atoms with Gasteiger partial charge in [-0.3, -0.25) is 10.1 Å². The summed E-state index contributed by atoms with van der Waals surface area (Å²) in [5, 5.41) is 6.91. The molecule has 0 radical (unpaired) electrons. The molecule has 0 saturated carbocycles. The Morgan fingerprint density at radius 2 is 1.74 bits per heavy atom. The van der Waals surface area contributed by atoms with Gasteiger partial charge in [0, 0.05) is 18.7 Å². The molecule has 1 aliphatic heterocycles. The first kappa shape index (κ1) is 21.7. The van der Waals surface area contributed by atoms with Crippen molar-refractivity contribution in [3.05, 3.63) is 70.4 Å². The van der Waals surface area contributed by atoms with Crippen molar-refractivity contribution in [1.29, 1.82) is 0 Å². The van der Waals surface area contributed by atoms with Crippen LogP contribution in [0.4, 0.5) is 11.4 Å². The minimum atomic E-state index is -0.431. The van der Waals surface area contributed by atoms with E-state index in [2.05, 4.69) is 21.6 Å². The molecule has 2 N–H and O–H groups in total. The molecule has 8 heteroatoms. The SMILES string of the molecule is O=C(NC(=S)Nc1ccccc1N1CCCCC1)c1ccc(-c2ccc(Cl)c(Cl)c2)o1. The lowest BCUT2D eigenvalue weighted by Gasteiger charge is -2.30. The number of halogens is 2. The minimum absolute atomic E-state index is 0.148. The molecule has 4 rings (SSSR count). The number of nitrogens with one attached hydrogen (secondary N) is 2. The Labute approximate surface area is 196 Å². The normalized spacial score (nSPS) is 13.7. The molecule has 0 bridgehead atoms. The number of hydrogen-bond donors (Lipinski definition) is 2. The molecule has 2 aromatic carbocycles. The minimum Gasteiger partial charge on any atom is -0.451 e. The van der Waals surface area contributed by atoms with E-state index >= 15 is 0 Å². The van der Waals surface area contributed by atoms with Crippen molar-refractivity contribution in [2.24, 2.45) is 0 Å². The van der Waals surface area contributed by atoms with Crippen LogP contribution in [0.3, 0.4) is 0 Å². The summed E-state index contributed by atoms with van der Waals surface area (Å²) in [7, 11) is 0. The number of hydrogen-bond acceptors (Lipinski definition) is 4. The molecule has 31 heavy (non-hydrogen) atoms. The predicted octanol–water partition coefficient (Wildman–Crippen LogP) is 6.37. The zero-order chi connectivity index (χ0) is 21.8. The van der Waals surface area contributed by atoms with Crippen LogP contribution in [-0.4, -0.2) is 24.1 Å². The first-order valence-corrected chi connectivity index (χ1v) is 11.2. The number of para-hydroxylation sites is 2. The summed E-state index contributed by atoms with van der Waals surface area (Å²) in [4.78, 5) is 14.9. The molecular weight excluding hydrogens is 453 g/mol. The topological polar surface area (TPSA) is 57.5 Å². The first-order valence-electron chi connectivity index (χ1n) is 10.0. The van der Waals surface area contributed by atoms with E-state index in [1.165, 1.54) is 19.3 Å². The number of benzene rings is 2. The van der Waals surface area contributed by atoms with Crippen molar-refractivity contribution in [1.82, 2.24) is 5.32 Å². The Hall–Kier alpha value is -2.54. The van der Waals surface area contributed by atoms with Crippen LogP contribution >= 0.6 is 35.4 Å². The zero-order valence-electron chi connectivity index (χ0n) is 16.7. The van der Waals surface area contributed by atoms with Crippen LogP contribution in [0.5, 0.6) is 0 Å². The summed E-state index contributed by atoms with van der Waals surface area (Å²) in [5.41, 5.74) is 2.67. The van der Waals surface area contributed by atoms with Crippen LogP contribution in [0.25, 0.3) is 11.3 Å². The second kappa shape index (κ2) is 9.73. The second-order valence-electron chi connectivity index (χ2n) is 7.27. The highest BCUT2D eigenvalue weighted by Crippen LogP contribution is 2.30. The van der Waals surface area contributed by atoms with Gasteiger partial charge in [-0.05, 0) is 73.9 Å². The standard InChI is InChI=1S/C23H21Cl2N3O2S/c24-16-9-8-15(14-17(16)25)20-10-11-21(30-20)22(29)27-23(31)26-18-6-2-3-7-19(18)28-12-4-1-5-13-28/h2-3,6-11,14H,1,4-5,12-13H2,(H2,26,27,29,31). The Morgan fingerprint density at radius 1 is 0.968 bits per heavy atom. The molecule has 2 heterocycles. The smallest absolute Gasteiger partial charge is 0.293 e. The lowest BCUT2D eigenvalue weighted by molar-refractivity contribution is 0.0951. The fraction of sp³-hybridized carbons (Fsp3) is 0.217. The number of furan rings is 1. The van der Waals surface area contributed by atoms with Gasteiger partial charge < -0.3 is 14.6 Å². The van der Waals surface area contributed by atoms with Gasteiger partial charge in [0.1, 0.15) is 5.76 Å². The highest BCUT2D eigenvalue weighted by Gasteiger charge is 2.17. The number of piperidine rings is 1. The number of thiocarbonyl (C=S) groups is 1. The van der Waals surface area contributed by atoms with Crippen LogP contribution in [-0.2, 0) is 0 Å². The fourth-order valence-electron chi connectivity index (χ4n) is 3.57. The summed E-state index contributed by atoms with van der Waals surface area (Å²) < 4.78 is 5.69. The molecule has 0 atom stereocenters. The van der Waals surface area contributed by atoms with E-state index in [1.54, 1.807) is 30.3 Å². The van der Waals surface area contributed by atoms with Crippen LogP contribution in [0, 0.1) is 0 Å². The average molecular weight is 474 g/mol. The van der Waals surface area contributed by atoms with E-state index in [-0.39, 0.29) is 10.9 Å². The van der Waals surface area contributed by atoms with E-state index in [1.807, 2.05) is 18.2 Å². The molecule has 1 aliphatic rings. The first-order chi connectivity index (χ1) is 15.0. The lowest BCUT2D eigenvalue weighted by Crippen LogP contribution is -2.35. The van der Waals surface area contributed by atoms with Crippen LogP contribution in [0.2, 0.25) is 10.0 Å². The summed E-state index contributed by atoms with van der Waals surface area (Å²) >= 11 is 17.4. The van der Waals surface area contributed by atoms with Gasteiger partial charge in [0.2, 0.25) is 0 Å². The maximum atomic E-state index is 12.6. The van der Waals surface area contributed by atoms with E-state index < -0.39 is 5.91 Å². The van der Waals surface area contributed by atoms with Gasteiger partial charge in [-0.25, -0.2) is 0 Å². The highest BCUT2D eigenvalue weighted by molar-refractivity contribution is 7.80. The zero-order valence-corrected chi connectivity index (χ0v) is 19.0. The summed E-state index contributed by atoms with van der Waals surface area (Å²) in [6.07, 6.45) is 3.61. The molecule has 160 valence electrons. The third-order valence-electron chi connectivity index (χ3n) is 5.11. The van der Waals surface area contributed by atoms with Crippen molar-refractivity contribution in [2.75, 3.05) is 23.3 Å². The van der Waals surface area contributed by atoms with Gasteiger partial charge >= 0.3 is 0 Å². The Bertz CT molecular complexity index is 1110. The Kier molecular flexibility index (Phi) is 6.80. The van der Waals surface area contributed by atoms with E-state index in [0.29, 0.717) is 15.8 Å². The van der Waals surface area contributed by atoms with Gasteiger partial charge in [-0.2, -0.15) is 0 Å².